The summed E-state index contributed by atoms with van der Waals surface area (Å²) < 4.78 is 5.47. The van der Waals surface area contributed by atoms with Crippen LogP contribution >= 0.6 is 0 Å². The van der Waals surface area contributed by atoms with Gasteiger partial charge in [-0.05, 0) is 26.2 Å². The summed E-state index contributed by atoms with van der Waals surface area (Å²) in [6, 6.07) is -0.132. The highest BCUT2D eigenvalue weighted by molar-refractivity contribution is 6.11. The molecule has 3 atom stereocenters. The van der Waals surface area contributed by atoms with Gasteiger partial charge in [0.25, 0.3) is 0 Å². The Kier molecular flexibility index (Phi) is 2.84. The van der Waals surface area contributed by atoms with E-state index in [9.17, 15) is 5.11 Å². The molecule has 1 N–H and O–H groups in total. The Bertz CT molecular complexity index is 153. The van der Waals surface area contributed by atoms with E-state index >= 15 is 0 Å². The van der Waals surface area contributed by atoms with Crippen molar-refractivity contribution < 1.29 is 9.84 Å². The zero-order valence-electron chi connectivity index (χ0n) is 8.08. The van der Waals surface area contributed by atoms with Crippen molar-refractivity contribution in [3.05, 3.63) is 0 Å². The second-order valence-electron chi connectivity index (χ2n) is 4.44. The van der Waals surface area contributed by atoms with Crippen molar-refractivity contribution >= 4 is 7.85 Å². The molecule has 68 valence electrons. The SMILES string of the molecule is [B][C@H]1CC(C)[C@@H](CC(C)(C)O)O1. The third kappa shape index (κ3) is 2.79. The quantitative estimate of drug-likeness (QED) is 0.625. The Morgan fingerprint density at radius 2 is 2.17 bits per heavy atom. The summed E-state index contributed by atoms with van der Waals surface area (Å²) in [5.74, 6) is 0.464. The fraction of sp³-hybridized carbons (Fsp3) is 1.00. The Labute approximate surface area is 75.7 Å². The first kappa shape index (κ1) is 10.1. The van der Waals surface area contributed by atoms with Gasteiger partial charge in [0, 0.05) is 12.4 Å². The number of rotatable bonds is 2. The summed E-state index contributed by atoms with van der Waals surface area (Å²) >= 11 is 0. The van der Waals surface area contributed by atoms with Gasteiger partial charge in [0.1, 0.15) is 7.85 Å². The molecule has 0 saturated carbocycles. The van der Waals surface area contributed by atoms with Gasteiger partial charge < -0.3 is 9.84 Å². The number of ether oxygens (including phenoxy) is 1. The Hall–Kier alpha value is -0.0151. The van der Waals surface area contributed by atoms with Crippen LogP contribution in [0.3, 0.4) is 0 Å². The van der Waals surface area contributed by atoms with Crippen LogP contribution in [-0.2, 0) is 4.74 Å². The average Bonchev–Trinajstić information content (AvgIpc) is 2.06. The largest absolute Gasteiger partial charge is 0.390 e. The predicted octanol–water partition coefficient (Wildman–Crippen LogP) is 1.07. The third-order valence-electron chi connectivity index (χ3n) is 2.29. The van der Waals surface area contributed by atoms with Gasteiger partial charge >= 0.3 is 0 Å². The fourth-order valence-electron chi connectivity index (χ4n) is 1.67. The normalized spacial score (nSPS) is 37.2. The van der Waals surface area contributed by atoms with E-state index in [4.69, 9.17) is 12.6 Å². The first-order valence-electron chi connectivity index (χ1n) is 4.52. The molecule has 1 unspecified atom stereocenters. The lowest BCUT2D eigenvalue weighted by atomic mass is 9.89. The molecule has 0 amide bonds. The van der Waals surface area contributed by atoms with Gasteiger partial charge in [-0.2, -0.15) is 0 Å². The van der Waals surface area contributed by atoms with Crippen LogP contribution in [0.1, 0.15) is 33.6 Å². The molecule has 0 aromatic rings. The second-order valence-corrected chi connectivity index (χ2v) is 4.44. The Morgan fingerprint density at radius 3 is 2.50 bits per heavy atom. The molecule has 1 saturated heterocycles. The molecule has 1 fully saturated rings. The van der Waals surface area contributed by atoms with Gasteiger partial charge in [-0.25, -0.2) is 0 Å². The molecule has 1 heterocycles. The fourth-order valence-corrected chi connectivity index (χ4v) is 1.67. The van der Waals surface area contributed by atoms with Crippen LogP contribution in [0.25, 0.3) is 0 Å². The maximum absolute atomic E-state index is 9.56. The van der Waals surface area contributed by atoms with Gasteiger partial charge in [0.2, 0.25) is 0 Å². The van der Waals surface area contributed by atoms with Crippen molar-refractivity contribution in [3.63, 3.8) is 0 Å². The van der Waals surface area contributed by atoms with Crippen molar-refractivity contribution in [3.8, 4) is 0 Å². The zero-order chi connectivity index (χ0) is 9.35. The van der Waals surface area contributed by atoms with Crippen LogP contribution in [-0.4, -0.2) is 30.7 Å². The molecule has 12 heavy (non-hydrogen) atoms. The molecular formula is C9H17BO2. The minimum Gasteiger partial charge on any atom is -0.390 e. The van der Waals surface area contributed by atoms with Crippen molar-refractivity contribution in [2.75, 3.05) is 0 Å². The maximum atomic E-state index is 9.56. The van der Waals surface area contributed by atoms with E-state index in [-0.39, 0.29) is 12.1 Å². The minimum absolute atomic E-state index is 0.125. The third-order valence-corrected chi connectivity index (χ3v) is 2.29. The highest BCUT2D eigenvalue weighted by Crippen LogP contribution is 2.29. The van der Waals surface area contributed by atoms with Gasteiger partial charge in [-0.3, -0.25) is 0 Å². The van der Waals surface area contributed by atoms with Crippen LogP contribution in [0.2, 0.25) is 0 Å². The summed E-state index contributed by atoms with van der Waals surface area (Å²) in [6.45, 7) is 5.71. The van der Waals surface area contributed by atoms with Gasteiger partial charge in [-0.15, -0.1) is 0 Å². The van der Waals surface area contributed by atoms with Gasteiger partial charge in [0.05, 0.1) is 11.7 Å². The van der Waals surface area contributed by atoms with Crippen LogP contribution in [0.15, 0.2) is 0 Å². The minimum atomic E-state index is -0.650. The molecule has 0 aromatic heterocycles. The lowest BCUT2D eigenvalue weighted by Crippen LogP contribution is -2.29. The smallest absolute Gasteiger partial charge is 0.109 e. The molecular weight excluding hydrogens is 151 g/mol. The topological polar surface area (TPSA) is 29.5 Å². The first-order valence-corrected chi connectivity index (χ1v) is 4.52. The molecule has 0 spiro atoms. The molecule has 1 rings (SSSR count). The predicted molar refractivity (Wildman–Crippen MR) is 49.1 cm³/mol. The Morgan fingerprint density at radius 1 is 1.58 bits per heavy atom. The monoisotopic (exact) mass is 168 g/mol. The summed E-state index contributed by atoms with van der Waals surface area (Å²) in [7, 11) is 5.63. The van der Waals surface area contributed by atoms with E-state index in [2.05, 4.69) is 6.92 Å². The number of aliphatic hydroxyl groups is 1. The van der Waals surface area contributed by atoms with E-state index in [1.54, 1.807) is 13.8 Å². The Balaban J connectivity index is 2.43. The van der Waals surface area contributed by atoms with E-state index in [0.717, 1.165) is 6.42 Å². The maximum Gasteiger partial charge on any atom is 0.109 e. The summed E-state index contributed by atoms with van der Waals surface area (Å²) in [6.07, 6.45) is 1.70. The number of hydrogen-bond donors (Lipinski definition) is 1. The van der Waals surface area contributed by atoms with Crippen molar-refractivity contribution in [2.24, 2.45) is 5.92 Å². The van der Waals surface area contributed by atoms with Gasteiger partial charge in [-0.1, -0.05) is 6.92 Å². The molecule has 1 aliphatic rings. The van der Waals surface area contributed by atoms with Crippen molar-refractivity contribution in [2.45, 2.75) is 51.3 Å². The number of hydrogen-bond acceptors (Lipinski definition) is 2. The van der Waals surface area contributed by atoms with Crippen molar-refractivity contribution in [1.29, 1.82) is 0 Å². The lowest BCUT2D eigenvalue weighted by Gasteiger charge is -2.24. The van der Waals surface area contributed by atoms with Crippen LogP contribution in [0.5, 0.6) is 0 Å². The van der Waals surface area contributed by atoms with Crippen LogP contribution in [0, 0.1) is 5.92 Å². The van der Waals surface area contributed by atoms with E-state index in [1.165, 1.54) is 0 Å². The zero-order valence-corrected chi connectivity index (χ0v) is 8.08. The van der Waals surface area contributed by atoms with E-state index in [0.29, 0.717) is 12.3 Å². The summed E-state index contributed by atoms with van der Waals surface area (Å²) in [5, 5.41) is 9.56. The highest BCUT2D eigenvalue weighted by atomic mass is 16.5. The molecule has 0 aliphatic carbocycles. The van der Waals surface area contributed by atoms with Crippen molar-refractivity contribution in [1.82, 2.24) is 0 Å². The first-order chi connectivity index (χ1) is 5.38. The van der Waals surface area contributed by atoms with E-state index in [1.807, 2.05) is 0 Å². The summed E-state index contributed by atoms with van der Waals surface area (Å²) in [4.78, 5) is 0. The van der Waals surface area contributed by atoms with Gasteiger partial charge in [0.15, 0.2) is 0 Å². The summed E-state index contributed by atoms with van der Waals surface area (Å²) in [5.41, 5.74) is -0.650. The molecule has 0 bridgehead atoms. The molecule has 0 aromatic carbocycles. The molecule has 3 heteroatoms. The molecule has 2 radical (unpaired) electrons. The van der Waals surface area contributed by atoms with Crippen LogP contribution in [0.4, 0.5) is 0 Å². The van der Waals surface area contributed by atoms with Crippen LogP contribution < -0.4 is 0 Å². The lowest BCUT2D eigenvalue weighted by molar-refractivity contribution is -0.0112. The second kappa shape index (κ2) is 3.39. The standard InChI is InChI=1S/C9H17BO2/c1-6-4-8(10)12-7(6)5-9(2,3)11/h6-8,11H,4-5H2,1-3H3/t6?,7-,8-/m1/s1. The molecule has 2 nitrogen and oxygen atoms in total. The average molecular weight is 168 g/mol. The van der Waals surface area contributed by atoms with E-state index < -0.39 is 5.60 Å². The highest BCUT2D eigenvalue weighted by Gasteiger charge is 2.32. The molecule has 1 aliphatic heterocycles.